The molecule has 6 nitrogen and oxygen atoms in total. The molecule has 2 aliphatic rings. The summed E-state index contributed by atoms with van der Waals surface area (Å²) in [5.74, 6) is -1.34. The maximum absolute atomic E-state index is 11.7. The molecule has 2 rings (SSSR count). The number of ether oxygens (including phenoxy) is 1. The summed E-state index contributed by atoms with van der Waals surface area (Å²) in [6, 6.07) is 0.319. The summed E-state index contributed by atoms with van der Waals surface area (Å²) in [5.41, 5.74) is 0. The first kappa shape index (κ1) is 13.3. The average Bonchev–Trinajstić information content (AvgIpc) is 3.13. The van der Waals surface area contributed by atoms with Crippen LogP contribution in [0.1, 0.15) is 26.2 Å². The number of aliphatic carboxylic acids is 1. The Morgan fingerprint density at radius 1 is 1.39 bits per heavy atom. The standard InChI is InChI=1S/C12H20N2O4/c1-7(11(15)14-9-2-3-9)18-10-4-8(12(16)17)5-13-6-10/h7-10,13H,2-6H2,1H3,(H,14,15)(H,16,17). The van der Waals surface area contributed by atoms with Crippen LogP contribution in [-0.2, 0) is 14.3 Å². The number of carboxylic acids is 1. The molecule has 3 N–H and O–H groups in total. The number of carbonyl (C=O) groups excluding carboxylic acids is 1. The fourth-order valence-corrected chi connectivity index (χ4v) is 2.09. The molecule has 1 saturated heterocycles. The van der Waals surface area contributed by atoms with E-state index in [9.17, 15) is 9.59 Å². The van der Waals surface area contributed by atoms with Gasteiger partial charge in [0.25, 0.3) is 0 Å². The van der Waals surface area contributed by atoms with Crippen LogP contribution in [0.3, 0.4) is 0 Å². The molecule has 0 aromatic carbocycles. The van der Waals surface area contributed by atoms with Crippen molar-refractivity contribution >= 4 is 11.9 Å². The summed E-state index contributed by atoms with van der Waals surface area (Å²) in [7, 11) is 0. The zero-order chi connectivity index (χ0) is 13.1. The predicted molar refractivity (Wildman–Crippen MR) is 64.1 cm³/mol. The van der Waals surface area contributed by atoms with Crippen molar-refractivity contribution in [3.05, 3.63) is 0 Å². The third kappa shape index (κ3) is 3.68. The lowest BCUT2D eigenvalue weighted by Crippen LogP contribution is -2.46. The van der Waals surface area contributed by atoms with Crippen LogP contribution < -0.4 is 10.6 Å². The van der Waals surface area contributed by atoms with E-state index < -0.39 is 18.0 Å². The van der Waals surface area contributed by atoms with Gasteiger partial charge in [-0.25, -0.2) is 0 Å². The monoisotopic (exact) mass is 256 g/mol. The number of amides is 1. The Balaban J connectivity index is 1.76. The SMILES string of the molecule is CC(OC1CNCC(C(=O)O)C1)C(=O)NC1CC1. The molecular weight excluding hydrogens is 236 g/mol. The van der Waals surface area contributed by atoms with E-state index in [-0.39, 0.29) is 12.0 Å². The van der Waals surface area contributed by atoms with E-state index in [1.165, 1.54) is 0 Å². The number of carbonyl (C=O) groups is 2. The molecule has 0 spiro atoms. The topological polar surface area (TPSA) is 87.7 Å². The van der Waals surface area contributed by atoms with Crippen LogP contribution in [0.2, 0.25) is 0 Å². The first-order valence-corrected chi connectivity index (χ1v) is 6.45. The normalized spacial score (nSPS) is 29.6. The number of hydrogen-bond donors (Lipinski definition) is 3. The second-order valence-electron chi connectivity index (χ2n) is 5.11. The van der Waals surface area contributed by atoms with Gasteiger partial charge in [-0.05, 0) is 26.2 Å². The van der Waals surface area contributed by atoms with E-state index in [2.05, 4.69) is 10.6 Å². The van der Waals surface area contributed by atoms with Gasteiger partial charge in [-0.1, -0.05) is 0 Å². The number of rotatable bonds is 5. The fraction of sp³-hybridized carbons (Fsp3) is 0.833. The van der Waals surface area contributed by atoms with Crippen LogP contribution in [0.15, 0.2) is 0 Å². The van der Waals surface area contributed by atoms with Gasteiger partial charge in [-0.15, -0.1) is 0 Å². The highest BCUT2D eigenvalue weighted by Gasteiger charge is 2.31. The first-order valence-electron chi connectivity index (χ1n) is 6.45. The minimum Gasteiger partial charge on any atom is -0.481 e. The third-order valence-corrected chi connectivity index (χ3v) is 3.35. The Hall–Kier alpha value is -1.14. The molecule has 1 amide bonds. The van der Waals surface area contributed by atoms with Gasteiger partial charge < -0.3 is 20.5 Å². The molecule has 0 bridgehead atoms. The van der Waals surface area contributed by atoms with Crippen molar-refractivity contribution in [1.29, 1.82) is 0 Å². The Morgan fingerprint density at radius 2 is 2.11 bits per heavy atom. The molecule has 1 aliphatic heterocycles. The number of piperidine rings is 1. The van der Waals surface area contributed by atoms with Gasteiger partial charge in [0.15, 0.2) is 0 Å². The minimum atomic E-state index is -0.814. The summed E-state index contributed by atoms with van der Waals surface area (Å²) >= 11 is 0. The van der Waals surface area contributed by atoms with Gasteiger partial charge >= 0.3 is 5.97 Å². The van der Waals surface area contributed by atoms with Crippen molar-refractivity contribution in [2.45, 2.75) is 44.4 Å². The predicted octanol–water partition coefficient (Wildman–Crippen LogP) is -0.267. The highest BCUT2D eigenvalue weighted by atomic mass is 16.5. The molecule has 1 saturated carbocycles. The zero-order valence-electron chi connectivity index (χ0n) is 10.5. The smallest absolute Gasteiger partial charge is 0.307 e. The van der Waals surface area contributed by atoms with Crippen molar-refractivity contribution in [3.8, 4) is 0 Å². The summed E-state index contributed by atoms with van der Waals surface area (Å²) in [4.78, 5) is 22.6. The molecule has 0 aromatic heterocycles. The lowest BCUT2D eigenvalue weighted by atomic mass is 9.97. The molecular formula is C12H20N2O4. The third-order valence-electron chi connectivity index (χ3n) is 3.35. The molecule has 1 aliphatic carbocycles. The van der Waals surface area contributed by atoms with Crippen molar-refractivity contribution in [2.24, 2.45) is 5.92 Å². The summed E-state index contributed by atoms with van der Waals surface area (Å²) in [6.45, 7) is 2.78. The van der Waals surface area contributed by atoms with Crippen LogP contribution in [-0.4, -0.2) is 48.3 Å². The second kappa shape index (κ2) is 5.67. The molecule has 2 fully saturated rings. The van der Waals surface area contributed by atoms with Gasteiger partial charge in [-0.3, -0.25) is 9.59 Å². The Labute approximate surface area is 106 Å². The first-order chi connectivity index (χ1) is 8.56. The Morgan fingerprint density at radius 3 is 2.72 bits per heavy atom. The summed E-state index contributed by atoms with van der Waals surface area (Å²) in [6.07, 6.45) is 1.82. The molecule has 3 unspecified atom stereocenters. The summed E-state index contributed by atoms with van der Waals surface area (Å²) in [5, 5.41) is 14.9. The fourth-order valence-electron chi connectivity index (χ4n) is 2.09. The Kier molecular flexibility index (Phi) is 4.19. The molecule has 1 heterocycles. The number of nitrogens with one attached hydrogen (secondary N) is 2. The maximum Gasteiger partial charge on any atom is 0.307 e. The highest BCUT2D eigenvalue weighted by molar-refractivity contribution is 5.80. The molecule has 0 aromatic rings. The van der Waals surface area contributed by atoms with E-state index >= 15 is 0 Å². The second-order valence-corrected chi connectivity index (χ2v) is 5.11. The van der Waals surface area contributed by atoms with Crippen molar-refractivity contribution in [1.82, 2.24) is 10.6 Å². The molecule has 102 valence electrons. The zero-order valence-corrected chi connectivity index (χ0v) is 10.5. The van der Waals surface area contributed by atoms with E-state index in [0.29, 0.717) is 25.6 Å². The van der Waals surface area contributed by atoms with Crippen molar-refractivity contribution in [3.63, 3.8) is 0 Å². The van der Waals surface area contributed by atoms with Crippen molar-refractivity contribution in [2.75, 3.05) is 13.1 Å². The molecule has 18 heavy (non-hydrogen) atoms. The van der Waals surface area contributed by atoms with E-state index in [1.807, 2.05) is 0 Å². The minimum absolute atomic E-state index is 0.102. The largest absolute Gasteiger partial charge is 0.481 e. The molecule has 6 heteroatoms. The maximum atomic E-state index is 11.7. The lowest BCUT2D eigenvalue weighted by molar-refractivity contribution is -0.146. The van der Waals surface area contributed by atoms with Crippen LogP contribution in [0.4, 0.5) is 0 Å². The van der Waals surface area contributed by atoms with E-state index in [1.54, 1.807) is 6.92 Å². The van der Waals surface area contributed by atoms with Gasteiger partial charge in [-0.2, -0.15) is 0 Å². The van der Waals surface area contributed by atoms with Crippen LogP contribution in [0, 0.1) is 5.92 Å². The van der Waals surface area contributed by atoms with Crippen molar-refractivity contribution < 1.29 is 19.4 Å². The van der Waals surface area contributed by atoms with Gasteiger partial charge in [0, 0.05) is 19.1 Å². The highest BCUT2D eigenvalue weighted by Crippen LogP contribution is 2.20. The van der Waals surface area contributed by atoms with E-state index in [4.69, 9.17) is 9.84 Å². The van der Waals surface area contributed by atoms with Crippen LogP contribution in [0.25, 0.3) is 0 Å². The molecule has 3 atom stereocenters. The molecule has 0 radical (unpaired) electrons. The quantitative estimate of drug-likeness (QED) is 0.630. The number of carboxylic acid groups (broad SMARTS) is 1. The van der Waals surface area contributed by atoms with Crippen LogP contribution in [0.5, 0.6) is 0 Å². The van der Waals surface area contributed by atoms with Gasteiger partial charge in [0.05, 0.1) is 12.0 Å². The summed E-state index contributed by atoms with van der Waals surface area (Å²) < 4.78 is 5.62. The number of hydrogen-bond acceptors (Lipinski definition) is 4. The van der Waals surface area contributed by atoms with Crippen LogP contribution >= 0.6 is 0 Å². The van der Waals surface area contributed by atoms with Gasteiger partial charge in [0.1, 0.15) is 6.10 Å². The Bertz CT molecular complexity index is 330. The van der Waals surface area contributed by atoms with Gasteiger partial charge in [0.2, 0.25) is 5.91 Å². The average molecular weight is 256 g/mol. The van der Waals surface area contributed by atoms with E-state index in [0.717, 1.165) is 12.8 Å². The lowest BCUT2D eigenvalue weighted by Gasteiger charge is -2.29.